The van der Waals surface area contributed by atoms with Gasteiger partial charge >= 0.3 is 0 Å². The Bertz CT molecular complexity index is 1060. The molecule has 1 aliphatic heterocycles. The van der Waals surface area contributed by atoms with Crippen LogP contribution in [0.15, 0.2) is 65.7 Å². The SMILES string of the molecule is CNCc1cc(-c2ccccc2)n(S(=O)(=O)c2ccc3c(c2)OCCO3)c1. The molecule has 0 amide bonds. The summed E-state index contributed by atoms with van der Waals surface area (Å²) in [5.41, 5.74) is 2.34. The number of fused-ring (bicyclic) bond motifs is 1. The van der Waals surface area contributed by atoms with Crippen molar-refractivity contribution >= 4 is 10.0 Å². The van der Waals surface area contributed by atoms with Gasteiger partial charge in [0, 0.05) is 18.8 Å². The summed E-state index contributed by atoms with van der Waals surface area (Å²) < 4.78 is 39.1. The highest BCUT2D eigenvalue weighted by molar-refractivity contribution is 7.90. The van der Waals surface area contributed by atoms with Crippen molar-refractivity contribution in [3.8, 4) is 22.8 Å². The number of hydrogen-bond donors (Lipinski definition) is 1. The van der Waals surface area contributed by atoms with E-state index in [4.69, 9.17) is 9.47 Å². The van der Waals surface area contributed by atoms with Gasteiger partial charge in [0.05, 0.1) is 10.6 Å². The fraction of sp³-hybridized carbons (Fsp3) is 0.200. The minimum atomic E-state index is -3.80. The Labute approximate surface area is 158 Å². The maximum Gasteiger partial charge on any atom is 0.268 e. The van der Waals surface area contributed by atoms with Gasteiger partial charge in [-0.05, 0) is 36.4 Å². The van der Waals surface area contributed by atoms with Crippen molar-refractivity contribution in [2.24, 2.45) is 0 Å². The minimum absolute atomic E-state index is 0.163. The maximum atomic E-state index is 13.4. The molecule has 0 unspecified atom stereocenters. The summed E-state index contributed by atoms with van der Waals surface area (Å²) in [6, 6.07) is 16.1. The van der Waals surface area contributed by atoms with Crippen molar-refractivity contribution in [3.05, 3.63) is 66.4 Å². The van der Waals surface area contributed by atoms with Gasteiger partial charge in [0.1, 0.15) is 13.2 Å². The van der Waals surface area contributed by atoms with Gasteiger partial charge < -0.3 is 14.8 Å². The standard InChI is InChI=1S/C20H20N2O4S/c1-21-13-15-11-18(16-5-3-2-4-6-16)22(14-15)27(23,24)17-7-8-19-20(12-17)26-10-9-25-19/h2-8,11-12,14,21H,9-10,13H2,1H3. The van der Waals surface area contributed by atoms with E-state index >= 15 is 0 Å². The molecule has 0 atom stereocenters. The lowest BCUT2D eigenvalue weighted by atomic mass is 10.1. The van der Waals surface area contributed by atoms with E-state index < -0.39 is 10.0 Å². The number of nitrogens with one attached hydrogen (secondary N) is 1. The van der Waals surface area contributed by atoms with E-state index in [0.717, 1.165) is 11.1 Å². The highest BCUT2D eigenvalue weighted by Crippen LogP contribution is 2.34. The lowest BCUT2D eigenvalue weighted by Gasteiger charge is -2.19. The first-order valence-electron chi connectivity index (χ1n) is 8.66. The number of nitrogens with zero attached hydrogens (tertiary/aromatic N) is 1. The Morgan fingerprint density at radius 3 is 2.48 bits per heavy atom. The zero-order chi connectivity index (χ0) is 18.9. The lowest BCUT2D eigenvalue weighted by molar-refractivity contribution is 0.171. The van der Waals surface area contributed by atoms with Gasteiger partial charge in [0.2, 0.25) is 0 Å². The Balaban J connectivity index is 1.84. The molecule has 0 saturated carbocycles. The molecule has 27 heavy (non-hydrogen) atoms. The Morgan fingerprint density at radius 2 is 1.74 bits per heavy atom. The van der Waals surface area contributed by atoms with Gasteiger partial charge in [-0.15, -0.1) is 0 Å². The molecule has 6 nitrogen and oxygen atoms in total. The molecule has 7 heteroatoms. The summed E-state index contributed by atoms with van der Waals surface area (Å²) in [5.74, 6) is 1.01. The molecule has 0 fully saturated rings. The summed E-state index contributed by atoms with van der Waals surface area (Å²) in [4.78, 5) is 0.163. The average molecular weight is 384 g/mol. The van der Waals surface area contributed by atoms with Crippen LogP contribution in [0.1, 0.15) is 5.56 Å². The van der Waals surface area contributed by atoms with Crippen molar-refractivity contribution in [2.45, 2.75) is 11.4 Å². The van der Waals surface area contributed by atoms with Gasteiger partial charge in [0.25, 0.3) is 10.0 Å². The predicted octanol–water partition coefficient (Wildman–Crippen LogP) is 2.88. The number of aromatic nitrogens is 1. The van der Waals surface area contributed by atoms with Crippen LogP contribution in [0.3, 0.4) is 0 Å². The first-order chi connectivity index (χ1) is 13.1. The van der Waals surface area contributed by atoms with E-state index in [1.807, 2.05) is 43.4 Å². The van der Waals surface area contributed by atoms with E-state index in [2.05, 4.69) is 5.32 Å². The van der Waals surface area contributed by atoms with Gasteiger partial charge in [-0.25, -0.2) is 12.4 Å². The van der Waals surface area contributed by atoms with Crippen LogP contribution in [0, 0.1) is 0 Å². The molecule has 0 bridgehead atoms. The van der Waals surface area contributed by atoms with Crippen LogP contribution in [0.5, 0.6) is 11.5 Å². The molecule has 2 aromatic carbocycles. The third-order valence-corrected chi connectivity index (χ3v) is 6.03. The van der Waals surface area contributed by atoms with E-state index in [9.17, 15) is 8.42 Å². The minimum Gasteiger partial charge on any atom is -0.486 e. The first-order valence-corrected chi connectivity index (χ1v) is 10.1. The van der Waals surface area contributed by atoms with Crippen molar-refractivity contribution < 1.29 is 17.9 Å². The Morgan fingerprint density at radius 1 is 1.00 bits per heavy atom. The second-order valence-corrected chi connectivity index (χ2v) is 8.05. The number of benzene rings is 2. The van der Waals surface area contributed by atoms with Crippen molar-refractivity contribution in [1.82, 2.24) is 9.29 Å². The van der Waals surface area contributed by atoms with Gasteiger partial charge in [-0.1, -0.05) is 30.3 Å². The molecule has 1 aromatic heterocycles. The normalized spacial score (nSPS) is 13.5. The zero-order valence-electron chi connectivity index (χ0n) is 14.9. The molecular formula is C20H20N2O4S. The molecular weight excluding hydrogens is 364 g/mol. The average Bonchev–Trinajstić information content (AvgIpc) is 3.13. The quantitative estimate of drug-likeness (QED) is 0.733. The zero-order valence-corrected chi connectivity index (χ0v) is 15.7. The first kappa shape index (κ1) is 17.6. The summed E-state index contributed by atoms with van der Waals surface area (Å²) in [6.45, 7) is 1.44. The molecule has 3 aromatic rings. The largest absolute Gasteiger partial charge is 0.486 e. The number of ether oxygens (including phenoxy) is 2. The van der Waals surface area contributed by atoms with E-state index in [1.165, 1.54) is 10.0 Å². The smallest absolute Gasteiger partial charge is 0.268 e. The van der Waals surface area contributed by atoms with Crippen LogP contribution in [0.2, 0.25) is 0 Å². The number of hydrogen-bond acceptors (Lipinski definition) is 5. The predicted molar refractivity (Wildman–Crippen MR) is 103 cm³/mol. The monoisotopic (exact) mass is 384 g/mol. The molecule has 0 saturated heterocycles. The van der Waals surface area contributed by atoms with Crippen LogP contribution in [0.25, 0.3) is 11.3 Å². The molecule has 0 radical (unpaired) electrons. The highest BCUT2D eigenvalue weighted by Gasteiger charge is 2.24. The third kappa shape index (κ3) is 3.31. The molecule has 1 aliphatic rings. The molecule has 4 rings (SSSR count). The second-order valence-electron chi connectivity index (χ2n) is 6.24. The molecule has 1 N–H and O–H groups in total. The van der Waals surface area contributed by atoms with E-state index in [-0.39, 0.29) is 4.90 Å². The summed E-state index contributed by atoms with van der Waals surface area (Å²) >= 11 is 0. The summed E-state index contributed by atoms with van der Waals surface area (Å²) in [5, 5.41) is 3.06. The van der Waals surface area contributed by atoms with E-state index in [0.29, 0.717) is 37.0 Å². The lowest BCUT2D eigenvalue weighted by Crippen LogP contribution is -2.17. The topological polar surface area (TPSA) is 69.6 Å². The molecule has 2 heterocycles. The molecule has 0 aliphatic carbocycles. The summed E-state index contributed by atoms with van der Waals surface area (Å²) in [6.07, 6.45) is 1.66. The Hall–Kier alpha value is -2.77. The van der Waals surface area contributed by atoms with Crippen LogP contribution in [-0.4, -0.2) is 32.7 Å². The van der Waals surface area contributed by atoms with Crippen molar-refractivity contribution in [2.75, 3.05) is 20.3 Å². The van der Waals surface area contributed by atoms with Crippen LogP contribution < -0.4 is 14.8 Å². The maximum absolute atomic E-state index is 13.4. The van der Waals surface area contributed by atoms with Crippen molar-refractivity contribution in [1.29, 1.82) is 0 Å². The fourth-order valence-electron chi connectivity index (χ4n) is 3.11. The van der Waals surface area contributed by atoms with Gasteiger partial charge in [-0.3, -0.25) is 0 Å². The van der Waals surface area contributed by atoms with Crippen LogP contribution in [-0.2, 0) is 16.6 Å². The third-order valence-electron chi connectivity index (χ3n) is 4.36. The molecule has 140 valence electrons. The highest BCUT2D eigenvalue weighted by atomic mass is 32.2. The van der Waals surface area contributed by atoms with E-state index in [1.54, 1.807) is 18.3 Å². The van der Waals surface area contributed by atoms with Crippen molar-refractivity contribution in [3.63, 3.8) is 0 Å². The van der Waals surface area contributed by atoms with Gasteiger partial charge in [-0.2, -0.15) is 0 Å². The van der Waals surface area contributed by atoms with Gasteiger partial charge in [0.15, 0.2) is 11.5 Å². The molecule has 0 spiro atoms. The van der Waals surface area contributed by atoms with Crippen LogP contribution in [0.4, 0.5) is 0 Å². The second kappa shape index (κ2) is 7.09. The van der Waals surface area contributed by atoms with Crippen LogP contribution >= 0.6 is 0 Å². The Kier molecular flexibility index (Phi) is 4.63. The number of rotatable bonds is 5. The summed E-state index contributed by atoms with van der Waals surface area (Å²) in [7, 11) is -1.97. The fourth-order valence-corrected chi connectivity index (χ4v) is 4.53.